The maximum Gasteiger partial charge on any atom is 0.221 e. The summed E-state index contributed by atoms with van der Waals surface area (Å²) >= 11 is 0. The number of nitrogens with one attached hydrogen (secondary N) is 1. The van der Waals surface area contributed by atoms with Crippen molar-refractivity contribution in [2.45, 2.75) is 6.92 Å². The molecular formula is C18H14FN3O2. The van der Waals surface area contributed by atoms with Crippen LogP contribution in [0, 0.1) is 5.82 Å². The Labute approximate surface area is 137 Å². The Kier molecular flexibility index (Phi) is 4.20. The third kappa shape index (κ3) is 3.08. The van der Waals surface area contributed by atoms with Crippen molar-refractivity contribution in [2.24, 2.45) is 0 Å². The first-order valence-corrected chi connectivity index (χ1v) is 7.23. The first kappa shape index (κ1) is 15.6. The minimum absolute atomic E-state index is 0.0252. The van der Waals surface area contributed by atoms with E-state index in [-0.39, 0.29) is 17.3 Å². The first-order valence-electron chi connectivity index (χ1n) is 7.23. The average Bonchev–Trinajstić information content (AvgIpc) is 2.57. The zero-order valence-corrected chi connectivity index (χ0v) is 12.8. The van der Waals surface area contributed by atoms with Crippen molar-refractivity contribution >= 4 is 11.6 Å². The second kappa shape index (κ2) is 6.45. The summed E-state index contributed by atoms with van der Waals surface area (Å²) in [7, 11) is 0. The van der Waals surface area contributed by atoms with Gasteiger partial charge in [-0.25, -0.2) is 4.39 Å². The van der Waals surface area contributed by atoms with E-state index in [0.717, 1.165) is 0 Å². The number of nitrogens with zero attached hydrogens (tertiary/aromatic N) is 2. The summed E-state index contributed by atoms with van der Waals surface area (Å²) in [6.45, 7) is 1.31. The van der Waals surface area contributed by atoms with Gasteiger partial charge >= 0.3 is 0 Å². The molecule has 1 amide bonds. The lowest BCUT2D eigenvalue weighted by atomic mass is 9.98. The van der Waals surface area contributed by atoms with Crippen LogP contribution >= 0.6 is 0 Å². The van der Waals surface area contributed by atoms with Gasteiger partial charge in [0.25, 0.3) is 0 Å². The molecule has 0 aliphatic carbocycles. The van der Waals surface area contributed by atoms with E-state index < -0.39 is 5.82 Å². The number of phenols is 1. The van der Waals surface area contributed by atoms with E-state index in [0.29, 0.717) is 22.3 Å². The van der Waals surface area contributed by atoms with E-state index in [9.17, 15) is 14.3 Å². The maximum atomic E-state index is 14.1. The number of aromatic hydroxyl groups is 1. The fourth-order valence-corrected chi connectivity index (χ4v) is 2.43. The number of phenolic OH excluding ortho intramolecular Hbond substituents is 1. The highest BCUT2D eigenvalue weighted by Crippen LogP contribution is 2.38. The zero-order valence-electron chi connectivity index (χ0n) is 12.8. The summed E-state index contributed by atoms with van der Waals surface area (Å²) < 4.78 is 14.1. The Bertz CT molecular complexity index is 898. The minimum atomic E-state index is -0.571. The van der Waals surface area contributed by atoms with Crippen molar-refractivity contribution in [3.63, 3.8) is 0 Å². The van der Waals surface area contributed by atoms with E-state index >= 15 is 0 Å². The third-order valence-corrected chi connectivity index (χ3v) is 3.52. The van der Waals surface area contributed by atoms with Gasteiger partial charge in [-0.15, -0.1) is 0 Å². The molecule has 0 bridgehead atoms. The fourth-order valence-electron chi connectivity index (χ4n) is 2.43. The lowest BCUT2D eigenvalue weighted by Crippen LogP contribution is -2.07. The summed E-state index contributed by atoms with van der Waals surface area (Å²) in [5, 5.41) is 20.5. The summed E-state index contributed by atoms with van der Waals surface area (Å²) in [5.74, 6) is -0.896. The van der Waals surface area contributed by atoms with Gasteiger partial charge < -0.3 is 10.4 Å². The lowest BCUT2D eigenvalue weighted by molar-refractivity contribution is -0.114. The molecule has 3 aromatic rings. The molecule has 0 atom stereocenters. The molecule has 0 unspecified atom stereocenters. The van der Waals surface area contributed by atoms with Crippen LogP contribution in [0.4, 0.5) is 10.1 Å². The van der Waals surface area contributed by atoms with E-state index in [2.05, 4.69) is 15.5 Å². The molecule has 5 nitrogen and oxygen atoms in total. The first-order chi connectivity index (χ1) is 11.6. The van der Waals surface area contributed by atoms with Crippen LogP contribution in [0.3, 0.4) is 0 Å². The number of carbonyl (C=O) groups excluding carboxylic acids is 1. The summed E-state index contributed by atoms with van der Waals surface area (Å²) in [6.07, 6.45) is 3.07. The number of carbonyl (C=O) groups is 1. The predicted octanol–water partition coefficient (Wildman–Crippen LogP) is 3.61. The SMILES string of the molecule is CC(=O)Nc1ccc(-c2cccc(-c3ccnnc3)c2O)cc1F. The molecule has 6 heteroatoms. The zero-order chi connectivity index (χ0) is 17.1. The minimum Gasteiger partial charge on any atom is -0.507 e. The number of rotatable bonds is 3. The molecule has 1 heterocycles. The normalized spacial score (nSPS) is 10.4. The number of amides is 1. The lowest BCUT2D eigenvalue weighted by Gasteiger charge is -2.11. The molecule has 0 spiro atoms. The highest BCUT2D eigenvalue weighted by molar-refractivity contribution is 5.89. The Hall–Kier alpha value is -3.28. The molecule has 0 aliphatic rings. The van der Waals surface area contributed by atoms with Crippen LogP contribution in [0.5, 0.6) is 5.75 Å². The smallest absolute Gasteiger partial charge is 0.221 e. The van der Waals surface area contributed by atoms with Crippen LogP contribution in [-0.4, -0.2) is 21.2 Å². The fraction of sp³-hybridized carbons (Fsp3) is 0.0556. The van der Waals surface area contributed by atoms with E-state index in [1.165, 1.54) is 25.3 Å². The second-order valence-corrected chi connectivity index (χ2v) is 5.21. The van der Waals surface area contributed by atoms with Crippen LogP contribution < -0.4 is 5.32 Å². The number of aromatic nitrogens is 2. The molecule has 2 N–H and O–H groups in total. The molecule has 0 fully saturated rings. The highest BCUT2D eigenvalue weighted by atomic mass is 19.1. The molecular weight excluding hydrogens is 309 g/mol. The second-order valence-electron chi connectivity index (χ2n) is 5.21. The Morgan fingerprint density at radius 1 is 1.08 bits per heavy atom. The molecule has 0 saturated heterocycles. The van der Waals surface area contributed by atoms with Crippen molar-refractivity contribution in [1.29, 1.82) is 0 Å². The monoisotopic (exact) mass is 323 g/mol. The number of anilines is 1. The van der Waals surface area contributed by atoms with Crippen molar-refractivity contribution in [1.82, 2.24) is 10.2 Å². The van der Waals surface area contributed by atoms with Crippen molar-refractivity contribution in [3.05, 3.63) is 60.7 Å². The maximum absolute atomic E-state index is 14.1. The summed E-state index contributed by atoms with van der Waals surface area (Å²) in [4.78, 5) is 11.0. The average molecular weight is 323 g/mol. The van der Waals surface area contributed by atoms with Crippen LogP contribution in [0.15, 0.2) is 54.9 Å². The van der Waals surface area contributed by atoms with Gasteiger partial charge in [-0.1, -0.05) is 24.3 Å². The van der Waals surface area contributed by atoms with Crippen molar-refractivity contribution < 1.29 is 14.3 Å². The number of hydrogen-bond acceptors (Lipinski definition) is 4. The highest BCUT2D eigenvalue weighted by Gasteiger charge is 2.13. The molecule has 0 radical (unpaired) electrons. The largest absolute Gasteiger partial charge is 0.507 e. The number of halogens is 1. The van der Waals surface area contributed by atoms with Crippen LogP contribution in [-0.2, 0) is 4.79 Å². The molecule has 24 heavy (non-hydrogen) atoms. The van der Waals surface area contributed by atoms with Crippen molar-refractivity contribution in [3.8, 4) is 28.0 Å². The van der Waals surface area contributed by atoms with Gasteiger partial charge in [-0.05, 0) is 23.8 Å². The Morgan fingerprint density at radius 3 is 2.46 bits per heavy atom. The van der Waals surface area contributed by atoms with Gasteiger partial charge in [-0.3, -0.25) is 4.79 Å². The molecule has 120 valence electrons. The quantitative estimate of drug-likeness (QED) is 0.772. The van der Waals surface area contributed by atoms with Crippen molar-refractivity contribution in [2.75, 3.05) is 5.32 Å². The third-order valence-electron chi connectivity index (χ3n) is 3.52. The van der Waals surface area contributed by atoms with Crippen LogP contribution in [0.25, 0.3) is 22.3 Å². The van der Waals surface area contributed by atoms with Gasteiger partial charge in [0.2, 0.25) is 5.91 Å². The van der Waals surface area contributed by atoms with Gasteiger partial charge in [0.05, 0.1) is 18.1 Å². The molecule has 2 aromatic carbocycles. The summed E-state index contributed by atoms with van der Waals surface area (Å²) in [5.41, 5.74) is 2.37. The topological polar surface area (TPSA) is 75.1 Å². The van der Waals surface area contributed by atoms with Gasteiger partial charge in [0.1, 0.15) is 11.6 Å². The van der Waals surface area contributed by atoms with Gasteiger partial charge in [0, 0.05) is 23.6 Å². The van der Waals surface area contributed by atoms with E-state index in [4.69, 9.17) is 0 Å². The number of benzene rings is 2. The molecule has 0 aliphatic heterocycles. The molecule has 1 aromatic heterocycles. The van der Waals surface area contributed by atoms with E-state index in [1.54, 1.807) is 36.5 Å². The number of hydrogen-bond donors (Lipinski definition) is 2. The molecule has 0 saturated carbocycles. The van der Waals surface area contributed by atoms with Crippen LogP contribution in [0.1, 0.15) is 6.92 Å². The Balaban J connectivity index is 2.04. The Morgan fingerprint density at radius 2 is 1.83 bits per heavy atom. The standard InChI is InChI=1S/C18H14FN3O2/c1-11(23)22-17-6-5-12(9-16(17)19)14-3-2-4-15(18(14)24)13-7-8-20-21-10-13/h2-10,24H,1H3,(H,22,23). The van der Waals surface area contributed by atoms with Gasteiger partial charge in [-0.2, -0.15) is 10.2 Å². The number of para-hydroxylation sites is 1. The van der Waals surface area contributed by atoms with Crippen LogP contribution in [0.2, 0.25) is 0 Å². The van der Waals surface area contributed by atoms with E-state index in [1.807, 2.05) is 0 Å². The molecule has 3 rings (SSSR count). The predicted molar refractivity (Wildman–Crippen MR) is 88.8 cm³/mol. The summed E-state index contributed by atoms with van der Waals surface area (Å²) in [6, 6.07) is 11.3. The van der Waals surface area contributed by atoms with Gasteiger partial charge in [0.15, 0.2) is 0 Å².